The maximum absolute atomic E-state index is 12.1. The molecule has 0 radical (unpaired) electrons. The van der Waals surface area contributed by atoms with E-state index in [2.05, 4.69) is 0 Å². The highest BCUT2D eigenvalue weighted by molar-refractivity contribution is 6.35. The average molecular weight is 250 g/mol. The Balaban J connectivity index is 2.13. The minimum Gasteiger partial charge on any atom is -0.449 e. The molecular formula is C13H12ClNO2. The van der Waals surface area contributed by atoms with Gasteiger partial charge in [0.1, 0.15) is 0 Å². The Hall–Kier alpha value is -1.48. The molecule has 0 N–H and O–H groups in total. The number of carbonyl (C=O) groups is 1. The molecule has 0 saturated carbocycles. The van der Waals surface area contributed by atoms with Crippen molar-refractivity contribution < 1.29 is 9.21 Å². The molecule has 0 unspecified atom stereocenters. The zero-order valence-corrected chi connectivity index (χ0v) is 10.3. The first-order valence-corrected chi connectivity index (χ1v) is 6.03. The molecule has 0 bridgehead atoms. The Morgan fingerprint density at radius 3 is 2.76 bits per heavy atom. The maximum atomic E-state index is 12.1. The van der Waals surface area contributed by atoms with Crippen LogP contribution in [0.4, 0.5) is 0 Å². The van der Waals surface area contributed by atoms with Crippen molar-refractivity contribution in [3.63, 3.8) is 0 Å². The minimum absolute atomic E-state index is 0.0268. The quantitative estimate of drug-likeness (QED) is 0.777. The molecule has 0 spiro atoms. The number of amides is 1. The Bertz CT molecular complexity index is 599. The predicted octanol–water partition coefficient (Wildman–Crippen LogP) is 3.24. The molecule has 1 saturated heterocycles. The third kappa shape index (κ3) is 1.53. The molecule has 0 atom stereocenters. The summed E-state index contributed by atoms with van der Waals surface area (Å²) >= 11 is 6.06. The number of furan rings is 1. The van der Waals surface area contributed by atoms with Crippen LogP contribution in [0.2, 0.25) is 5.02 Å². The van der Waals surface area contributed by atoms with Gasteiger partial charge in [-0.1, -0.05) is 23.7 Å². The number of rotatable bonds is 1. The van der Waals surface area contributed by atoms with E-state index in [9.17, 15) is 4.79 Å². The molecule has 17 heavy (non-hydrogen) atoms. The summed E-state index contributed by atoms with van der Waals surface area (Å²) in [5.74, 6) is 0.397. The number of para-hydroxylation sites is 1. The molecule has 88 valence electrons. The maximum Gasteiger partial charge on any atom is 0.289 e. The number of carbonyl (C=O) groups excluding carboxylic acids is 1. The lowest BCUT2D eigenvalue weighted by Crippen LogP contribution is -2.42. The number of fused-ring (bicyclic) bond motifs is 1. The Labute approximate surface area is 104 Å². The zero-order chi connectivity index (χ0) is 12.0. The smallest absolute Gasteiger partial charge is 0.289 e. The topological polar surface area (TPSA) is 33.5 Å². The van der Waals surface area contributed by atoms with Gasteiger partial charge in [0.05, 0.1) is 5.02 Å². The number of aryl methyl sites for hydroxylation is 1. The van der Waals surface area contributed by atoms with Gasteiger partial charge in [-0.05, 0) is 19.4 Å². The second kappa shape index (κ2) is 3.77. The van der Waals surface area contributed by atoms with Gasteiger partial charge in [-0.25, -0.2) is 0 Å². The van der Waals surface area contributed by atoms with E-state index in [0.717, 1.165) is 30.5 Å². The highest BCUT2D eigenvalue weighted by Crippen LogP contribution is 2.31. The van der Waals surface area contributed by atoms with Crippen molar-refractivity contribution in [2.24, 2.45) is 0 Å². The highest BCUT2D eigenvalue weighted by Gasteiger charge is 2.27. The third-order valence-corrected chi connectivity index (χ3v) is 3.55. The molecule has 0 aliphatic carbocycles. The van der Waals surface area contributed by atoms with Crippen LogP contribution in [0.1, 0.15) is 22.5 Å². The molecule has 1 aliphatic heterocycles. The van der Waals surface area contributed by atoms with E-state index in [0.29, 0.717) is 16.4 Å². The largest absolute Gasteiger partial charge is 0.449 e. The number of benzene rings is 1. The van der Waals surface area contributed by atoms with Gasteiger partial charge in [0.25, 0.3) is 5.91 Å². The SMILES string of the molecule is Cc1c(C(=O)N2CCC2)oc2c(Cl)cccc12. The summed E-state index contributed by atoms with van der Waals surface area (Å²) in [6.07, 6.45) is 1.08. The minimum atomic E-state index is -0.0268. The standard InChI is InChI=1S/C13H12ClNO2/c1-8-9-4-2-5-10(14)12(9)17-11(8)13(16)15-6-3-7-15/h2,4-5H,3,6-7H2,1H3. The van der Waals surface area contributed by atoms with Crippen molar-refractivity contribution in [2.75, 3.05) is 13.1 Å². The van der Waals surface area contributed by atoms with E-state index >= 15 is 0 Å². The fraction of sp³-hybridized carbons (Fsp3) is 0.308. The number of hydrogen-bond acceptors (Lipinski definition) is 2. The van der Waals surface area contributed by atoms with Gasteiger partial charge in [-0.2, -0.15) is 0 Å². The fourth-order valence-corrected chi connectivity index (χ4v) is 2.29. The van der Waals surface area contributed by atoms with Crippen molar-refractivity contribution >= 4 is 28.5 Å². The third-order valence-electron chi connectivity index (χ3n) is 3.25. The van der Waals surface area contributed by atoms with Crippen LogP contribution in [-0.4, -0.2) is 23.9 Å². The summed E-state index contributed by atoms with van der Waals surface area (Å²) in [4.78, 5) is 13.9. The molecule has 1 fully saturated rings. The van der Waals surface area contributed by atoms with E-state index < -0.39 is 0 Å². The molecular weight excluding hydrogens is 238 g/mol. The van der Waals surface area contributed by atoms with Crippen LogP contribution in [0.5, 0.6) is 0 Å². The van der Waals surface area contributed by atoms with E-state index in [1.165, 1.54) is 0 Å². The van der Waals surface area contributed by atoms with Gasteiger partial charge in [-0.3, -0.25) is 4.79 Å². The van der Waals surface area contributed by atoms with Gasteiger partial charge < -0.3 is 9.32 Å². The summed E-state index contributed by atoms with van der Waals surface area (Å²) in [5, 5.41) is 1.47. The van der Waals surface area contributed by atoms with E-state index in [1.54, 1.807) is 11.0 Å². The van der Waals surface area contributed by atoms with Crippen LogP contribution in [0.25, 0.3) is 11.0 Å². The number of hydrogen-bond donors (Lipinski definition) is 0. The molecule has 4 heteroatoms. The van der Waals surface area contributed by atoms with Gasteiger partial charge in [0.2, 0.25) is 0 Å². The van der Waals surface area contributed by atoms with E-state index in [-0.39, 0.29) is 5.91 Å². The van der Waals surface area contributed by atoms with Crippen LogP contribution in [0, 0.1) is 6.92 Å². The van der Waals surface area contributed by atoms with Gasteiger partial charge >= 0.3 is 0 Å². The summed E-state index contributed by atoms with van der Waals surface area (Å²) in [7, 11) is 0. The van der Waals surface area contributed by atoms with Gasteiger partial charge in [-0.15, -0.1) is 0 Å². The van der Waals surface area contributed by atoms with Crippen molar-refractivity contribution in [3.8, 4) is 0 Å². The predicted molar refractivity (Wildman–Crippen MR) is 66.5 cm³/mol. The van der Waals surface area contributed by atoms with Crippen LogP contribution in [-0.2, 0) is 0 Å². The van der Waals surface area contributed by atoms with Crippen molar-refractivity contribution in [2.45, 2.75) is 13.3 Å². The van der Waals surface area contributed by atoms with Crippen molar-refractivity contribution in [1.29, 1.82) is 0 Å². The molecule has 2 heterocycles. The molecule has 3 rings (SSSR count). The second-order valence-corrected chi connectivity index (χ2v) is 4.73. The Morgan fingerprint density at radius 2 is 2.18 bits per heavy atom. The fourth-order valence-electron chi connectivity index (χ4n) is 2.08. The molecule has 3 nitrogen and oxygen atoms in total. The van der Waals surface area contributed by atoms with Crippen LogP contribution < -0.4 is 0 Å². The lowest BCUT2D eigenvalue weighted by molar-refractivity contribution is 0.0620. The van der Waals surface area contributed by atoms with Gasteiger partial charge in [0.15, 0.2) is 11.3 Å². The molecule has 2 aromatic rings. The summed E-state index contributed by atoms with van der Waals surface area (Å²) in [6, 6.07) is 5.56. The number of likely N-dealkylation sites (tertiary alicyclic amines) is 1. The van der Waals surface area contributed by atoms with Gasteiger partial charge in [0, 0.05) is 24.0 Å². The molecule has 1 aliphatic rings. The van der Waals surface area contributed by atoms with E-state index in [1.807, 2.05) is 19.1 Å². The number of nitrogens with zero attached hydrogens (tertiary/aromatic N) is 1. The number of halogens is 1. The average Bonchev–Trinajstić information content (AvgIpc) is 2.56. The molecule has 1 amide bonds. The van der Waals surface area contributed by atoms with E-state index in [4.69, 9.17) is 16.0 Å². The normalized spacial score (nSPS) is 15.1. The first-order valence-electron chi connectivity index (χ1n) is 5.65. The summed E-state index contributed by atoms with van der Waals surface area (Å²) in [6.45, 7) is 3.54. The lowest BCUT2D eigenvalue weighted by Gasteiger charge is -2.30. The summed E-state index contributed by atoms with van der Waals surface area (Å²) < 4.78 is 5.63. The molecule has 1 aromatic heterocycles. The lowest BCUT2D eigenvalue weighted by atomic mass is 10.1. The monoisotopic (exact) mass is 249 g/mol. The second-order valence-electron chi connectivity index (χ2n) is 4.32. The van der Waals surface area contributed by atoms with Crippen molar-refractivity contribution in [3.05, 3.63) is 34.5 Å². The van der Waals surface area contributed by atoms with Crippen molar-refractivity contribution in [1.82, 2.24) is 4.90 Å². The molecule has 1 aromatic carbocycles. The van der Waals surface area contributed by atoms with Crippen LogP contribution >= 0.6 is 11.6 Å². The Kier molecular flexibility index (Phi) is 2.37. The Morgan fingerprint density at radius 1 is 1.41 bits per heavy atom. The highest BCUT2D eigenvalue weighted by atomic mass is 35.5. The first kappa shape index (κ1) is 10.7. The zero-order valence-electron chi connectivity index (χ0n) is 9.50. The van der Waals surface area contributed by atoms with Crippen LogP contribution in [0.3, 0.4) is 0 Å². The summed E-state index contributed by atoms with van der Waals surface area (Å²) in [5.41, 5.74) is 1.48. The van der Waals surface area contributed by atoms with Crippen LogP contribution in [0.15, 0.2) is 22.6 Å². The first-order chi connectivity index (χ1) is 8.18.